The molecule has 0 radical (unpaired) electrons. The fourth-order valence-electron chi connectivity index (χ4n) is 2.08. The molecule has 0 saturated carbocycles. The van der Waals surface area contributed by atoms with Gasteiger partial charge in [-0.25, -0.2) is 4.98 Å². The third-order valence-corrected chi connectivity index (χ3v) is 4.28. The molecule has 3 nitrogen and oxygen atoms in total. The van der Waals surface area contributed by atoms with Crippen LogP contribution in [0.1, 0.15) is 27.2 Å². The van der Waals surface area contributed by atoms with Crippen molar-refractivity contribution in [2.75, 3.05) is 37.6 Å². The summed E-state index contributed by atoms with van der Waals surface area (Å²) in [7, 11) is 0. The SMILES string of the molecule is CCN(CC)CCCN(CC)c1ncc(Br)cc1Br. The van der Waals surface area contributed by atoms with Crippen molar-refractivity contribution in [2.24, 2.45) is 0 Å². The Kier molecular flexibility index (Phi) is 7.95. The van der Waals surface area contributed by atoms with Gasteiger partial charge in [0, 0.05) is 23.8 Å². The lowest BCUT2D eigenvalue weighted by Crippen LogP contribution is -2.30. The molecule has 108 valence electrons. The summed E-state index contributed by atoms with van der Waals surface area (Å²) in [5.74, 6) is 1.03. The first-order valence-corrected chi connectivity index (χ1v) is 8.49. The van der Waals surface area contributed by atoms with E-state index >= 15 is 0 Å². The Morgan fingerprint density at radius 3 is 2.26 bits per heavy atom. The minimum Gasteiger partial charge on any atom is -0.356 e. The van der Waals surface area contributed by atoms with Crippen LogP contribution in [0.4, 0.5) is 5.82 Å². The van der Waals surface area contributed by atoms with Crippen LogP contribution in [-0.2, 0) is 0 Å². The zero-order valence-corrected chi connectivity index (χ0v) is 15.2. The van der Waals surface area contributed by atoms with Gasteiger partial charge in [-0.15, -0.1) is 0 Å². The largest absolute Gasteiger partial charge is 0.356 e. The molecular weight excluding hydrogens is 370 g/mol. The van der Waals surface area contributed by atoms with Crippen molar-refractivity contribution in [3.8, 4) is 0 Å². The van der Waals surface area contributed by atoms with Crippen molar-refractivity contribution in [1.29, 1.82) is 0 Å². The van der Waals surface area contributed by atoms with E-state index in [9.17, 15) is 0 Å². The molecular formula is C14H23Br2N3. The Balaban J connectivity index is 2.58. The smallest absolute Gasteiger partial charge is 0.142 e. The highest BCUT2D eigenvalue weighted by molar-refractivity contribution is 9.11. The maximum absolute atomic E-state index is 4.51. The molecule has 0 atom stereocenters. The monoisotopic (exact) mass is 391 g/mol. The summed E-state index contributed by atoms with van der Waals surface area (Å²) in [6, 6.07) is 2.05. The van der Waals surface area contributed by atoms with Crippen molar-refractivity contribution in [3.05, 3.63) is 21.2 Å². The van der Waals surface area contributed by atoms with E-state index in [0.29, 0.717) is 0 Å². The van der Waals surface area contributed by atoms with Gasteiger partial charge in [0.05, 0.1) is 4.47 Å². The minimum absolute atomic E-state index is 0.978. The molecule has 0 fully saturated rings. The Morgan fingerprint density at radius 2 is 1.74 bits per heavy atom. The van der Waals surface area contributed by atoms with Gasteiger partial charge >= 0.3 is 0 Å². The average Bonchev–Trinajstić information content (AvgIpc) is 2.40. The summed E-state index contributed by atoms with van der Waals surface area (Å²) in [5, 5.41) is 0. The molecule has 0 aliphatic heterocycles. The number of halogens is 2. The van der Waals surface area contributed by atoms with Crippen LogP contribution >= 0.6 is 31.9 Å². The normalized spacial score (nSPS) is 11.1. The number of rotatable bonds is 8. The lowest BCUT2D eigenvalue weighted by Gasteiger charge is -2.25. The fraction of sp³-hybridized carbons (Fsp3) is 0.643. The maximum Gasteiger partial charge on any atom is 0.142 e. The van der Waals surface area contributed by atoms with E-state index in [-0.39, 0.29) is 0 Å². The first kappa shape index (κ1) is 16.9. The molecule has 0 N–H and O–H groups in total. The van der Waals surface area contributed by atoms with Gasteiger partial charge in [-0.2, -0.15) is 0 Å². The summed E-state index contributed by atoms with van der Waals surface area (Å²) >= 11 is 7.03. The van der Waals surface area contributed by atoms with Crippen molar-refractivity contribution < 1.29 is 0 Å². The third-order valence-electron chi connectivity index (χ3n) is 3.27. The minimum atomic E-state index is 0.978. The number of aromatic nitrogens is 1. The van der Waals surface area contributed by atoms with Gasteiger partial charge in [0.15, 0.2) is 0 Å². The zero-order chi connectivity index (χ0) is 14.3. The van der Waals surface area contributed by atoms with E-state index in [0.717, 1.165) is 47.5 Å². The van der Waals surface area contributed by atoms with Gasteiger partial charge in [0.1, 0.15) is 5.82 Å². The predicted molar refractivity (Wildman–Crippen MR) is 89.9 cm³/mol. The van der Waals surface area contributed by atoms with Gasteiger partial charge in [-0.05, 0) is 70.9 Å². The first-order valence-electron chi connectivity index (χ1n) is 6.90. The molecule has 0 amide bonds. The van der Waals surface area contributed by atoms with Gasteiger partial charge in [0.25, 0.3) is 0 Å². The van der Waals surface area contributed by atoms with Crippen molar-refractivity contribution in [2.45, 2.75) is 27.2 Å². The number of pyridine rings is 1. The number of nitrogens with zero attached hydrogens (tertiary/aromatic N) is 3. The zero-order valence-electron chi connectivity index (χ0n) is 12.0. The molecule has 0 bridgehead atoms. The molecule has 1 heterocycles. The van der Waals surface area contributed by atoms with Gasteiger partial charge in [0.2, 0.25) is 0 Å². The second-order valence-electron chi connectivity index (χ2n) is 4.42. The molecule has 0 saturated heterocycles. The van der Waals surface area contributed by atoms with Crippen LogP contribution in [0.2, 0.25) is 0 Å². The Labute approximate surface area is 133 Å². The predicted octanol–water partition coefficient (Wildman–Crippen LogP) is 4.16. The van der Waals surface area contributed by atoms with Gasteiger partial charge < -0.3 is 9.80 Å². The molecule has 5 heteroatoms. The lowest BCUT2D eigenvalue weighted by molar-refractivity contribution is 0.300. The van der Waals surface area contributed by atoms with Crippen LogP contribution in [0.15, 0.2) is 21.2 Å². The summed E-state index contributed by atoms with van der Waals surface area (Å²) in [6.07, 6.45) is 3.02. The van der Waals surface area contributed by atoms with Crippen LogP contribution in [0.3, 0.4) is 0 Å². The summed E-state index contributed by atoms with van der Waals surface area (Å²) in [4.78, 5) is 9.28. The van der Waals surface area contributed by atoms with Crippen LogP contribution in [0.25, 0.3) is 0 Å². The Hall–Kier alpha value is -0.130. The Bertz CT molecular complexity index is 381. The van der Waals surface area contributed by atoms with E-state index in [2.05, 4.69) is 73.5 Å². The van der Waals surface area contributed by atoms with Crippen molar-refractivity contribution in [3.63, 3.8) is 0 Å². The van der Waals surface area contributed by atoms with E-state index < -0.39 is 0 Å². The number of hydrogen-bond donors (Lipinski definition) is 0. The average molecular weight is 393 g/mol. The summed E-state index contributed by atoms with van der Waals surface area (Å²) < 4.78 is 2.05. The third kappa shape index (κ3) is 5.40. The lowest BCUT2D eigenvalue weighted by atomic mass is 10.3. The molecule has 19 heavy (non-hydrogen) atoms. The number of hydrogen-bond acceptors (Lipinski definition) is 3. The van der Waals surface area contributed by atoms with E-state index in [4.69, 9.17) is 0 Å². The van der Waals surface area contributed by atoms with Gasteiger partial charge in [-0.1, -0.05) is 13.8 Å². The van der Waals surface area contributed by atoms with Gasteiger partial charge in [-0.3, -0.25) is 0 Å². The molecule has 1 rings (SSSR count). The first-order chi connectivity index (χ1) is 9.12. The molecule has 1 aromatic rings. The fourth-order valence-corrected chi connectivity index (χ4v) is 3.32. The topological polar surface area (TPSA) is 19.4 Å². The van der Waals surface area contributed by atoms with E-state index in [1.165, 1.54) is 6.42 Å². The van der Waals surface area contributed by atoms with Crippen LogP contribution in [0, 0.1) is 0 Å². The second kappa shape index (κ2) is 8.93. The molecule has 0 spiro atoms. The summed E-state index contributed by atoms with van der Waals surface area (Å²) in [6.45, 7) is 12.0. The molecule has 0 unspecified atom stereocenters. The van der Waals surface area contributed by atoms with Crippen LogP contribution in [-0.4, -0.2) is 42.6 Å². The second-order valence-corrected chi connectivity index (χ2v) is 6.19. The number of anilines is 1. The maximum atomic E-state index is 4.51. The highest BCUT2D eigenvalue weighted by atomic mass is 79.9. The van der Waals surface area contributed by atoms with Crippen molar-refractivity contribution in [1.82, 2.24) is 9.88 Å². The highest BCUT2D eigenvalue weighted by Gasteiger charge is 2.10. The van der Waals surface area contributed by atoms with E-state index in [1.54, 1.807) is 0 Å². The highest BCUT2D eigenvalue weighted by Crippen LogP contribution is 2.26. The molecule has 0 aliphatic carbocycles. The molecule has 0 aromatic carbocycles. The molecule has 1 aromatic heterocycles. The molecule has 0 aliphatic rings. The van der Waals surface area contributed by atoms with Crippen LogP contribution in [0.5, 0.6) is 0 Å². The standard InChI is InChI=1S/C14H23Br2N3/c1-4-18(5-2)8-7-9-19(6-3)14-13(16)10-12(15)11-17-14/h10-11H,4-9H2,1-3H3. The quantitative estimate of drug-likeness (QED) is 0.661. The van der Waals surface area contributed by atoms with Crippen LogP contribution < -0.4 is 4.90 Å². The Morgan fingerprint density at radius 1 is 1.05 bits per heavy atom. The van der Waals surface area contributed by atoms with E-state index in [1.807, 2.05) is 6.20 Å². The summed E-state index contributed by atoms with van der Waals surface area (Å²) in [5.41, 5.74) is 0. The van der Waals surface area contributed by atoms with Crippen molar-refractivity contribution >= 4 is 37.7 Å².